The molecule has 15 heteroatoms. The Labute approximate surface area is 448 Å². The van der Waals surface area contributed by atoms with Gasteiger partial charge in [-0.3, -0.25) is 19.8 Å². The normalized spacial score (nSPS) is 19.7. The van der Waals surface area contributed by atoms with E-state index in [1.807, 2.05) is 44.2 Å². The van der Waals surface area contributed by atoms with E-state index in [1.54, 1.807) is 18.6 Å². The number of likely N-dealkylation sites (N-methyl/N-ethyl adjacent to an activating group) is 3. The number of benzene rings is 2. The van der Waals surface area contributed by atoms with Crippen molar-refractivity contribution in [2.24, 2.45) is 0 Å². The number of fused-ring (bicyclic) bond motifs is 9. The summed E-state index contributed by atoms with van der Waals surface area (Å²) in [5, 5.41) is 28.6. The number of aliphatic hydroxyl groups excluding tert-OH is 1. The van der Waals surface area contributed by atoms with E-state index < -0.39 is 11.7 Å². The minimum absolute atomic E-state index is 0.444. The lowest BCUT2D eigenvalue weighted by molar-refractivity contribution is 0.0378. The standard InChI is InChI=1S/C21H25N3O.C20H31N5.C19H21ClN4O/c1-14-4-7-19-17(10-14)18-12-23(3)9-8-20(18)24(19)13-21(25)16-6-5-15(2)22-11-16;1-14-5-6-18-20(22-14)19-16(3)23(4)9-7-17(19)25(18)12-11-24-10-8-21-13-15(24)2;1-19(25,13-8-21-12-22-9-13)11-24-17-4-3-14(20)7-15(17)16-10-23(2)6-5-18(16)24/h4-7,10-11,21,25H,8-9,12-13H2,1-3H3;5-6,15-16,21H,7-13H2,1-4H3;3-4,7-9,12,25H,5-6,10-11H2,1-2H3/t21-;15?,16-;/m11./s1. The molecule has 2 unspecified atom stereocenters. The van der Waals surface area contributed by atoms with Gasteiger partial charge < -0.3 is 39.0 Å². The Morgan fingerprint density at radius 2 is 1.39 bits per heavy atom. The molecular weight excluding hydrogens is 956 g/mol. The molecule has 14 nitrogen and oxygen atoms in total. The van der Waals surface area contributed by atoms with E-state index in [9.17, 15) is 10.2 Å². The lowest BCUT2D eigenvalue weighted by atomic mass is 9.98. The second kappa shape index (κ2) is 22.2. The van der Waals surface area contributed by atoms with Crippen LogP contribution in [0.4, 0.5) is 0 Å². The number of pyridine rings is 2. The summed E-state index contributed by atoms with van der Waals surface area (Å²) in [5.41, 5.74) is 17.2. The highest BCUT2D eigenvalue weighted by atomic mass is 35.5. The second-order valence-corrected chi connectivity index (χ2v) is 22.6. The van der Waals surface area contributed by atoms with Crippen molar-refractivity contribution in [1.82, 2.24) is 58.6 Å². The number of nitrogens with zero attached hydrogens (tertiary/aromatic N) is 11. The van der Waals surface area contributed by atoms with Gasteiger partial charge in [0.2, 0.25) is 0 Å². The predicted octanol–water partition coefficient (Wildman–Crippen LogP) is 8.54. The van der Waals surface area contributed by atoms with Gasteiger partial charge in [0.1, 0.15) is 11.9 Å². The first-order valence-corrected chi connectivity index (χ1v) is 27.4. The van der Waals surface area contributed by atoms with Crippen LogP contribution >= 0.6 is 11.6 Å². The van der Waals surface area contributed by atoms with Crippen molar-refractivity contribution in [1.29, 1.82) is 0 Å². The molecule has 4 aliphatic rings. The van der Waals surface area contributed by atoms with E-state index in [0.29, 0.717) is 30.7 Å². The number of nitrogens with one attached hydrogen (secondary N) is 1. The van der Waals surface area contributed by atoms with Crippen LogP contribution in [0.5, 0.6) is 0 Å². The van der Waals surface area contributed by atoms with Crippen LogP contribution in [0.25, 0.3) is 32.8 Å². The quantitative estimate of drug-likeness (QED) is 0.129. The van der Waals surface area contributed by atoms with Gasteiger partial charge >= 0.3 is 0 Å². The smallest absolute Gasteiger partial charge is 0.115 e. The van der Waals surface area contributed by atoms with Crippen LogP contribution in [0.2, 0.25) is 5.02 Å². The summed E-state index contributed by atoms with van der Waals surface area (Å²) < 4.78 is 7.12. The zero-order valence-corrected chi connectivity index (χ0v) is 46.4. The summed E-state index contributed by atoms with van der Waals surface area (Å²) in [6, 6.07) is 22.1. The minimum Gasteiger partial charge on any atom is -0.386 e. The first-order valence-electron chi connectivity index (χ1n) is 27.0. The molecule has 2 aromatic carbocycles. The molecule has 0 aliphatic carbocycles. The molecule has 0 spiro atoms. The Balaban J connectivity index is 0.000000128. The molecule has 0 bridgehead atoms. The number of aryl methyl sites for hydroxylation is 3. The van der Waals surface area contributed by atoms with Crippen molar-refractivity contribution in [3.63, 3.8) is 0 Å². The summed E-state index contributed by atoms with van der Waals surface area (Å²) in [5.74, 6) is 0. The van der Waals surface area contributed by atoms with Gasteiger partial charge in [0.05, 0.1) is 30.2 Å². The Kier molecular flexibility index (Phi) is 15.6. The zero-order valence-electron chi connectivity index (χ0n) is 45.6. The van der Waals surface area contributed by atoms with Crippen LogP contribution in [0.1, 0.15) is 94.8 Å². The van der Waals surface area contributed by atoms with E-state index in [-0.39, 0.29) is 0 Å². The molecule has 1 saturated heterocycles. The van der Waals surface area contributed by atoms with Gasteiger partial charge in [0, 0.05) is 187 Å². The van der Waals surface area contributed by atoms with Gasteiger partial charge in [0.15, 0.2) is 0 Å². The van der Waals surface area contributed by atoms with E-state index in [4.69, 9.17) is 16.6 Å². The van der Waals surface area contributed by atoms with Gasteiger partial charge in [-0.15, -0.1) is 0 Å². The van der Waals surface area contributed by atoms with Crippen LogP contribution < -0.4 is 5.32 Å². The Morgan fingerprint density at radius 3 is 2.09 bits per heavy atom. The van der Waals surface area contributed by atoms with Gasteiger partial charge in [-0.05, 0) is 122 Å². The maximum Gasteiger partial charge on any atom is 0.115 e. The third-order valence-corrected chi connectivity index (χ3v) is 16.8. The monoisotopic (exact) mass is 1030 g/mol. The fraction of sp³-hybridized carbons (Fsp3) is 0.467. The minimum atomic E-state index is -1.05. The molecule has 12 rings (SSSR count). The highest BCUT2D eigenvalue weighted by Crippen LogP contribution is 2.38. The molecule has 4 atom stereocenters. The molecule has 4 aliphatic heterocycles. The molecule has 10 heterocycles. The largest absolute Gasteiger partial charge is 0.386 e. The fourth-order valence-corrected chi connectivity index (χ4v) is 12.2. The number of halogens is 1. The average Bonchev–Trinajstić information content (AvgIpc) is 4.03. The molecular formula is C60H77ClN12O2. The van der Waals surface area contributed by atoms with Crippen molar-refractivity contribution < 1.29 is 10.2 Å². The van der Waals surface area contributed by atoms with Crippen LogP contribution in [-0.4, -0.2) is 136 Å². The maximum absolute atomic E-state index is 11.1. The Morgan fingerprint density at radius 1 is 0.733 bits per heavy atom. The number of hydrogen-bond acceptors (Lipinski definition) is 11. The summed E-state index contributed by atoms with van der Waals surface area (Å²) in [6.45, 7) is 24.3. The molecule has 1 fully saturated rings. The van der Waals surface area contributed by atoms with Crippen molar-refractivity contribution in [3.8, 4) is 0 Å². The number of hydrogen-bond donors (Lipinski definition) is 3. The third-order valence-electron chi connectivity index (χ3n) is 16.6. The van der Waals surface area contributed by atoms with E-state index in [1.165, 1.54) is 73.0 Å². The topological polar surface area (TPSA) is 132 Å². The Hall–Kier alpha value is -5.55. The number of piperazine rings is 1. The lowest BCUT2D eigenvalue weighted by Gasteiger charge is -2.34. The number of aromatic nitrogens is 7. The fourth-order valence-electron chi connectivity index (χ4n) is 12.1. The molecule has 8 aromatic rings. The molecule has 75 heavy (non-hydrogen) atoms. The summed E-state index contributed by atoms with van der Waals surface area (Å²) >= 11 is 6.25. The Bertz CT molecular complexity index is 3290. The van der Waals surface area contributed by atoms with E-state index in [0.717, 1.165) is 112 Å². The summed E-state index contributed by atoms with van der Waals surface area (Å²) in [6.07, 6.45) is 9.18. The lowest BCUT2D eigenvalue weighted by Crippen LogP contribution is -2.50. The van der Waals surface area contributed by atoms with E-state index >= 15 is 0 Å². The molecule has 396 valence electrons. The molecule has 0 radical (unpaired) electrons. The summed E-state index contributed by atoms with van der Waals surface area (Å²) in [7, 11) is 6.54. The first kappa shape index (κ1) is 52.9. The number of rotatable bonds is 9. The van der Waals surface area contributed by atoms with Gasteiger partial charge in [-0.2, -0.15) is 0 Å². The van der Waals surface area contributed by atoms with Gasteiger partial charge in [0.25, 0.3) is 0 Å². The van der Waals surface area contributed by atoms with Gasteiger partial charge in [-0.1, -0.05) is 29.3 Å². The summed E-state index contributed by atoms with van der Waals surface area (Å²) in [4.78, 5) is 27.1. The first-order chi connectivity index (χ1) is 36.0. The predicted molar refractivity (Wildman–Crippen MR) is 302 cm³/mol. The van der Waals surface area contributed by atoms with Crippen LogP contribution in [0.15, 0.2) is 85.6 Å². The van der Waals surface area contributed by atoms with Crippen molar-refractivity contribution in [3.05, 3.63) is 152 Å². The zero-order chi connectivity index (χ0) is 52.7. The SMILES string of the molecule is CN1CCc2c(c3cc(Cl)ccc3n2CC(C)(O)c2cncnc2)C1.Cc1ccc2c(c1)c1c(n2C[C@@H](O)c2ccc(C)nc2)CCN(C)C1.Cc1ccc2c(n1)c1c(n2CCN2CCNCC2C)CCN(C)[C@@H]1C. The highest BCUT2D eigenvalue weighted by Gasteiger charge is 2.32. The highest BCUT2D eigenvalue weighted by molar-refractivity contribution is 6.31. The van der Waals surface area contributed by atoms with Crippen molar-refractivity contribution in [2.45, 2.75) is 117 Å². The average molecular weight is 1030 g/mol. The van der Waals surface area contributed by atoms with Crippen LogP contribution in [-0.2, 0) is 57.6 Å². The van der Waals surface area contributed by atoms with Crippen LogP contribution in [0, 0.1) is 20.8 Å². The number of aliphatic hydroxyl groups is 2. The van der Waals surface area contributed by atoms with E-state index in [2.05, 4.69) is 133 Å². The van der Waals surface area contributed by atoms with Crippen molar-refractivity contribution in [2.75, 3.05) is 67.0 Å². The third kappa shape index (κ3) is 11.0. The molecule has 0 saturated carbocycles. The van der Waals surface area contributed by atoms with Crippen LogP contribution in [0.3, 0.4) is 0 Å². The molecule has 3 N–H and O–H groups in total. The molecule has 6 aromatic heterocycles. The molecule has 0 amide bonds. The van der Waals surface area contributed by atoms with Crippen molar-refractivity contribution >= 4 is 44.4 Å². The second-order valence-electron chi connectivity index (χ2n) is 22.2. The maximum atomic E-state index is 11.1. The van der Waals surface area contributed by atoms with Gasteiger partial charge in [-0.25, -0.2) is 9.97 Å².